The molecule has 30 heavy (non-hydrogen) atoms. The van der Waals surface area contributed by atoms with Crippen molar-refractivity contribution in [3.8, 4) is 22.9 Å². The molecule has 1 aliphatic rings. The molecule has 1 aromatic heterocycles. The van der Waals surface area contributed by atoms with Crippen molar-refractivity contribution in [2.75, 3.05) is 13.2 Å². The lowest BCUT2D eigenvalue weighted by molar-refractivity contribution is 0.259. The van der Waals surface area contributed by atoms with E-state index in [0.717, 1.165) is 36.5 Å². The Morgan fingerprint density at radius 2 is 1.60 bits per heavy atom. The van der Waals surface area contributed by atoms with Gasteiger partial charge in [0, 0.05) is 5.56 Å². The summed E-state index contributed by atoms with van der Waals surface area (Å²) in [6, 6.07) is 7.91. The highest BCUT2D eigenvalue weighted by Crippen LogP contribution is 2.29. The van der Waals surface area contributed by atoms with E-state index in [4.69, 9.17) is 14.2 Å². The molecule has 0 radical (unpaired) electrons. The van der Waals surface area contributed by atoms with Crippen molar-refractivity contribution in [3.05, 3.63) is 36.7 Å². The lowest BCUT2D eigenvalue weighted by atomic mass is 10.1. The van der Waals surface area contributed by atoms with Crippen LogP contribution in [0.3, 0.4) is 0 Å². The average molecular weight is 413 g/mol. The van der Waals surface area contributed by atoms with Gasteiger partial charge in [-0.25, -0.2) is 9.97 Å². The van der Waals surface area contributed by atoms with E-state index in [1.165, 1.54) is 44.9 Å². The molecular weight excluding hydrogens is 376 g/mol. The Morgan fingerprint density at radius 1 is 0.833 bits per heavy atom. The second kappa shape index (κ2) is 12.5. The summed E-state index contributed by atoms with van der Waals surface area (Å²) in [7, 11) is 0. The van der Waals surface area contributed by atoms with Crippen molar-refractivity contribution in [3.63, 3.8) is 0 Å². The number of hydrogen-bond acceptors (Lipinski definition) is 5. The number of hydrogen-bond donors (Lipinski definition) is 0. The molecule has 5 heteroatoms. The standard InChI is InChI=1S/C25H36N2O3/c1-3-5-7-8-9-10-15-28-22-17-26-25(27-18-22)20-12-11-13-21(16-20)29-19-24-23(30-24)14-6-4-2/h11-13,16-18,23-24H,3-10,14-15,19H2,1-2H3/t23-,24-/m0/s1. The maximum absolute atomic E-state index is 5.92. The van der Waals surface area contributed by atoms with Crippen LogP contribution in [0.2, 0.25) is 0 Å². The number of aromatic nitrogens is 2. The fourth-order valence-corrected chi connectivity index (χ4v) is 3.50. The molecule has 1 fully saturated rings. The van der Waals surface area contributed by atoms with E-state index in [0.29, 0.717) is 18.5 Å². The van der Waals surface area contributed by atoms with Crippen LogP contribution in [-0.2, 0) is 4.74 Å². The van der Waals surface area contributed by atoms with Gasteiger partial charge in [-0.2, -0.15) is 0 Å². The molecule has 5 nitrogen and oxygen atoms in total. The van der Waals surface area contributed by atoms with Gasteiger partial charge in [-0.3, -0.25) is 0 Å². The van der Waals surface area contributed by atoms with Gasteiger partial charge in [0.15, 0.2) is 11.6 Å². The van der Waals surface area contributed by atoms with E-state index in [1.807, 2.05) is 24.3 Å². The van der Waals surface area contributed by atoms with Crippen molar-refractivity contribution in [2.45, 2.75) is 83.8 Å². The third-order valence-electron chi connectivity index (χ3n) is 5.43. The fraction of sp³-hybridized carbons (Fsp3) is 0.600. The number of epoxide rings is 1. The van der Waals surface area contributed by atoms with Crippen LogP contribution in [0, 0.1) is 0 Å². The molecular formula is C25H36N2O3. The van der Waals surface area contributed by atoms with Crippen molar-refractivity contribution in [1.29, 1.82) is 0 Å². The Hall–Kier alpha value is -2.14. The van der Waals surface area contributed by atoms with Crippen LogP contribution in [0.1, 0.15) is 71.6 Å². The second-order valence-electron chi connectivity index (χ2n) is 8.05. The van der Waals surface area contributed by atoms with Gasteiger partial charge < -0.3 is 14.2 Å². The summed E-state index contributed by atoms with van der Waals surface area (Å²) in [4.78, 5) is 8.93. The summed E-state index contributed by atoms with van der Waals surface area (Å²) in [6.07, 6.45) is 15.2. The first-order chi connectivity index (χ1) is 14.8. The van der Waals surface area contributed by atoms with E-state index in [9.17, 15) is 0 Å². The van der Waals surface area contributed by atoms with Gasteiger partial charge in [-0.05, 0) is 25.0 Å². The Kier molecular flexibility index (Phi) is 9.42. The lowest BCUT2D eigenvalue weighted by Gasteiger charge is -2.08. The van der Waals surface area contributed by atoms with Crippen LogP contribution in [0.5, 0.6) is 11.5 Å². The topological polar surface area (TPSA) is 56.8 Å². The molecule has 0 amide bonds. The van der Waals surface area contributed by atoms with Crippen molar-refractivity contribution in [2.24, 2.45) is 0 Å². The van der Waals surface area contributed by atoms with Gasteiger partial charge in [0.1, 0.15) is 18.5 Å². The highest BCUT2D eigenvalue weighted by atomic mass is 16.6. The first-order valence-electron chi connectivity index (χ1n) is 11.6. The quantitative estimate of drug-likeness (QED) is 0.257. The van der Waals surface area contributed by atoms with Gasteiger partial charge in [-0.15, -0.1) is 0 Å². The zero-order chi connectivity index (χ0) is 21.0. The third kappa shape index (κ3) is 7.60. The maximum Gasteiger partial charge on any atom is 0.159 e. The molecule has 0 unspecified atom stereocenters. The largest absolute Gasteiger partial charge is 0.491 e. The molecule has 0 bridgehead atoms. The zero-order valence-corrected chi connectivity index (χ0v) is 18.5. The minimum atomic E-state index is 0.236. The van der Waals surface area contributed by atoms with E-state index in [2.05, 4.69) is 23.8 Å². The summed E-state index contributed by atoms with van der Waals surface area (Å²) >= 11 is 0. The summed E-state index contributed by atoms with van der Waals surface area (Å²) < 4.78 is 17.4. The van der Waals surface area contributed by atoms with Gasteiger partial charge >= 0.3 is 0 Å². The first kappa shape index (κ1) is 22.5. The molecule has 164 valence electrons. The average Bonchev–Trinajstić information content (AvgIpc) is 3.54. The molecule has 3 rings (SSSR count). The van der Waals surface area contributed by atoms with Crippen molar-refractivity contribution >= 4 is 0 Å². The van der Waals surface area contributed by atoms with Gasteiger partial charge in [-0.1, -0.05) is 70.9 Å². The number of nitrogens with zero attached hydrogens (tertiary/aromatic N) is 2. The molecule has 2 atom stereocenters. The van der Waals surface area contributed by atoms with Gasteiger partial charge in [0.2, 0.25) is 0 Å². The minimum absolute atomic E-state index is 0.236. The van der Waals surface area contributed by atoms with Crippen LogP contribution in [0.25, 0.3) is 11.4 Å². The Labute approximate surface area is 181 Å². The molecule has 1 aromatic carbocycles. The number of benzene rings is 1. The number of rotatable bonds is 15. The molecule has 1 aliphatic heterocycles. The summed E-state index contributed by atoms with van der Waals surface area (Å²) in [5, 5.41) is 0. The predicted octanol–water partition coefficient (Wildman–Crippen LogP) is 6.22. The number of ether oxygens (including phenoxy) is 3. The molecule has 0 N–H and O–H groups in total. The molecule has 1 saturated heterocycles. The van der Waals surface area contributed by atoms with Gasteiger partial charge in [0.05, 0.1) is 25.1 Å². The smallest absolute Gasteiger partial charge is 0.159 e. The SMILES string of the molecule is CCCCCCCCOc1cnc(-c2cccc(OC[C@@H]3O[C@H]3CCCC)c2)nc1. The second-order valence-corrected chi connectivity index (χ2v) is 8.05. The predicted molar refractivity (Wildman–Crippen MR) is 120 cm³/mol. The zero-order valence-electron chi connectivity index (χ0n) is 18.5. The monoisotopic (exact) mass is 412 g/mol. The van der Waals surface area contributed by atoms with Crippen molar-refractivity contribution < 1.29 is 14.2 Å². The molecule has 2 aromatic rings. The van der Waals surface area contributed by atoms with Gasteiger partial charge in [0.25, 0.3) is 0 Å². The van der Waals surface area contributed by atoms with Crippen LogP contribution in [0.4, 0.5) is 0 Å². The fourth-order valence-electron chi connectivity index (χ4n) is 3.50. The Morgan fingerprint density at radius 3 is 2.40 bits per heavy atom. The lowest BCUT2D eigenvalue weighted by Crippen LogP contribution is -2.07. The highest BCUT2D eigenvalue weighted by Gasteiger charge is 2.38. The number of unbranched alkanes of at least 4 members (excludes halogenated alkanes) is 6. The Bertz CT molecular complexity index is 735. The Balaban J connectivity index is 1.41. The molecule has 0 spiro atoms. The summed E-state index contributed by atoms with van der Waals surface area (Å²) in [5.41, 5.74) is 0.939. The molecule has 2 heterocycles. The first-order valence-corrected chi connectivity index (χ1v) is 11.6. The van der Waals surface area contributed by atoms with Crippen molar-refractivity contribution in [1.82, 2.24) is 9.97 Å². The minimum Gasteiger partial charge on any atom is -0.491 e. The van der Waals surface area contributed by atoms with Crippen LogP contribution in [0.15, 0.2) is 36.7 Å². The van der Waals surface area contributed by atoms with E-state index in [1.54, 1.807) is 12.4 Å². The van der Waals surface area contributed by atoms with Crippen LogP contribution >= 0.6 is 0 Å². The van der Waals surface area contributed by atoms with E-state index in [-0.39, 0.29) is 6.10 Å². The normalized spacial score (nSPS) is 17.7. The van der Waals surface area contributed by atoms with Crippen LogP contribution in [-0.4, -0.2) is 35.4 Å². The van der Waals surface area contributed by atoms with Crippen LogP contribution < -0.4 is 9.47 Å². The molecule has 0 saturated carbocycles. The molecule has 0 aliphatic carbocycles. The third-order valence-corrected chi connectivity index (χ3v) is 5.43. The maximum atomic E-state index is 5.92. The van der Waals surface area contributed by atoms with E-state index < -0.39 is 0 Å². The highest BCUT2D eigenvalue weighted by molar-refractivity contribution is 5.57. The summed E-state index contributed by atoms with van der Waals surface area (Å²) in [6.45, 7) is 5.77. The van der Waals surface area contributed by atoms with E-state index >= 15 is 0 Å². The summed E-state index contributed by atoms with van der Waals surface area (Å²) in [5.74, 6) is 2.23.